The Bertz CT molecular complexity index is 836. The van der Waals surface area contributed by atoms with Crippen molar-refractivity contribution in [3.63, 3.8) is 0 Å². The molecule has 0 aliphatic heterocycles. The number of amides is 1. The highest BCUT2D eigenvalue weighted by Crippen LogP contribution is 2.28. The SMILES string of the molecule is COc1ccc(NC(=O)CSc2nnc(-c3cccs3)o2)cc1Cl. The quantitative estimate of drug-likeness (QED) is 0.645. The Hall–Kier alpha value is -2.03. The molecule has 0 aliphatic carbocycles. The van der Waals surface area contributed by atoms with E-state index in [1.54, 1.807) is 18.2 Å². The van der Waals surface area contributed by atoms with Gasteiger partial charge in [-0.15, -0.1) is 21.5 Å². The molecule has 0 atom stereocenters. The van der Waals surface area contributed by atoms with E-state index in [0.29, 0.717) is 27.6 Å². The van der Waals surface area contributed by atoms with Gasteiger partial charge in [-0.05, 0) is 29.6 Å². The summed E-state index contributed by atoms with van der Waals surface area (Å²) in [6, 6.07) is 8.84. The van der Waals surface area contributed by atoms with Crippen molar-refractivity contribution in [2.75, 3.05) is 18.2 Å². The normalized spacial score (nSPS) is 10.6. The summed E-state index contributed by atoms with van der Waals surface area (Å²) in [6.45, 7) is 0. The van der Waals surface area contributed by atoms with E-state index in [4.69, 9.17) is 20.8 Å². The number of ether oxygens (including phenoxy) is 1. The van der Waals surface area contributed by atoms with Gasteiger partial charge in [0.1, 0.15) is 5.75 Å². The second-order valence-corrected chi connectivity index (χ2v) is 6.82. The molecule has 3 rings (SSSR count). The predicted octanol–water partition coefficient (Wildman–Crippen LogP) is 4.19. The highest BCUT2D eigenvalue weighted by atomic mass is 35.5. The molecule has 0 saturated carbocycles. The van der Waals surface area contributed by atoms with Crippen molar-refractivity contribution in [2.45, 2.75) is 5.22 Å². The Morgan fingerprint density at radius 3 is 3.00 bits per heavy atom. The first-order chi connectivity index (χ1) is 11.7. The number of hydrogen-bond donors (Lipinski definition) is 1. The summed E-state index contributed by atoms with van der Waals surface area (Å²) in [4.78, 5) is 12.9. The van der Waals surface area contributed by atoms with Gasteiger partial charge in [0.2, 0.25) is 5.91 Å². The molecule has 0 aliphatic rings. The van der Waals surface area contributed by atoms with Crippen LogP contribution in [0.25, 0.3) is 10.8 Å². The molecule has 6 nitrogen and oxygen atoms in total. The molecule has 124 valence electrons. The molecule has 0 bridgehead atoms. The lowest BCUT2D eigenvalue weighted by molar-refractivity contribution is -0.113. The van der Waals surface area contributed by atoms with Crippen LogP contribution in [0.4, 0.5) is 5.69 Å². The van der Waals surface area contributed by atoms with E-state index < -0.39 is 0 Å². The summed E-state index contributed by atoms with van der Waals surface area (Å²) in [5, 5.41) is 13.3. The number of nitrogens with one attached hydrogen (secondary N) is 1. The maximum atomic E-state index is 12.0. The highest BCUT2D eigenvalue weighted by molar-refractivity contribution is 7.99. The smallest absolute Gasteiger partial charge is 0.277 e. The van der Waals surface area contributed by atoms with Crippen LogP contribution in [0.3, 0.4) is 0 Å². The number of carbonyl (C=O) groups excluding carboxylic acids is 1. The molecule has 1 aromatic carbocycles. The lowest BCUT2D eigenvalue weighted by Gasteiger charge is -2.07. The van der Waals surface area contributed by atoms with Crippen LogP contribution in [-0.2, 0) is 4.79 Å². The molecule has 3 aromatic rings. The Morgan fingerprint density at radius 1 is 1.42 bits per heavy atom. The zero-order valence-corrected chi connectivity index (χ0v) is 14.9. The number of rotatable bonds is 6. The first-order valence-corrected chi connectivity index (χ1v) is 9.03. The average molecular weight is 382 g/mol. The number of thiophene rings is 1. The number of methoxy groups -OCH3 is 1. The van der Waals surface area contributed by atoms with Crippen molar-refractivity contribution in [1.82, 2.24) is 10.2 Å². The van der Waals surface area contributed by atoms with E-state index in [0.717, 1.165) is 4.88 Å². The number of benzene rings is 1. The Kier molecular flexibility index (Phi) is 5.39. The van der Waals surface area contributed by atoms with Crippen molar-refractivity contribution in [2.24, 2.45) is 0 Å². The molecule has 0 spiro atoms. The zero-order chi connectivity index (χ0) is 16.9. The van der Waals surface area contributed by atoms with Gasteiger partial charge in [-0.1, -0.05) is 29.4 Å². The van der Waals surface area contributed by atoms with Crippen LogP contribution in [0.15, 0.2) is 45.4 Å². The summed E-state index contributed by atoms with van der Waals surface area (Å²) >= 11 is 8.71. The van der Waals surface area contributed by atoms with Gasteiger partial charge in [0.05, 0.1) is 22.8 Å². The third-order valence-electron chi connectivity index (χ3n) is 2.90. The number of halogens is 1. The van der Waals surface area contributed by atoms with E-state index in [2.05, 4.69) is 15.5 Å². The van der Waals surface area contributed by atoms with E-state index in [1.165, 1.54) is 30.2 Å². The number of anilines is 1. The summed E-state index contributed by atoms with van der Waals surface area (Å²) in [5.41, 5.74) is 0.594. The number of hydrogen-bond acceptors (Lipinski definition) is 7. The molecule has 2 aromatic heterocycles. The van der Waals surface area contributed by atoms with E-state index in [9.17, 15) is 4.79 Å². The molecule has 0 unspecified atom stereocenters. The van der Waals surface area contributed by atoms with Gasteiger partial charge in [-0.2, -0.15) is 0 Å². The van der Waals surface area contributed by atoms with Crippen LogP contribution in [0.5, 0.6) is 5.75 Å². The molecule has 0 radical (unpaired) electrons. The third kappa shape index (κ3) is 4.08. The zero-order valence-electron chi connectivity index (χ0n) is 12.5. The fourth-order valence-corrected chi connectivity index (χ4v) is 3.30. The Labute approximate surface area is 151 Å². The van der Waals surface area contributed by atoms with Gasteiger partial charge < -0.3 is 14.5 Å². The topological polar surface area (TPSA) is 77.2 Å². The summed E-state index contributed by atoms with van der Waals surface area (Å²) in [5.74, 6) is 0.957. The Balaban J connectivity index is 1.55. The lowest BCUT2D eigenvalue weighted by Crippen LogP contribution is -2.14. The largest absolute Gasteiger partial charge is 0.495 e. The molecule has 0 fully saturated rings. The molecule has 24 heavy (non-hydrogen) atoms. The number of thioether (sulfide) groups is 1. The van der Waals surface area contributed by atoms with Crippen molar-refractivity contribution in [3.05, 3.63) is 40.7 Å². The molecule has 0 saturated heterocycles. The van der Waals surface area contributed by atoms with Gasteiger partial charge in [-0.3, -0.25) is 4.79 Å². The summed E-state index contributed by atoms with van der Waals surface area (Å²) in [6.07, 6.45) is 0. The molecule has 2 heterocycles. The van der Waals surface area contributed by atoms with Crippen LogP contribution in [0, 0.1) is 0 Å². The van der Waals surface area contributed by atoms with Crippen LogP contribution < -0.4 is 10.1 Å². The second-order valence-electron chi connectivity index (χ2n) is 4.54. The maximum Gasteiger partial charge on any atom is 0.277 e. The standard InChI is InChI=1S/C15H12ClN3O3S2/c1-21-11-5-4-9(7-10(11)16)17-13(20)8-24-15-19-18-14(22-15)12-3-2-6-23-12/h2-7H,8H2,1H3,(H,17,20). The molecule has 1 N–H and O–H groups in total. The van der Waals surface area contributed by atoms with Crippen molar-refractivity contribution in [1.29, 1.82) is 0 Å². The van der Waals surface area contributed by atoms with E-state index in [-0.39, 0.29) is 11.7 Å². The maximum absolute atomic E-state index is 12.0. The second kappa shape index (κ2) is 7.69. The lowest BCUT2D eigenvalue weighted by atomic mass is 10.3. The van der Waals surface area contributed by atoms with Crippen LogP contribution in [0.2, 0.25) is 5.02 Å². The highest BCUT2D eigenvalue weighted by Gasteiger charge is 2.12. The number of aromatic nitrogens is 2. The van der Waals surface area contributed by atoms with Gasteiger partial charge in [0.15, 0.2) is 0 Å². The number of carbonyl (C=O) groups is 1. The Morgan fingerprint density at radius 2 is 2.29 bits per heavy atom. The van der Waals surface area contributed by atoms with Crippen LogP contribution >= 0.6 is 34.7 Å². The summed E-state index contributed by atoms with van der Waals surface area (Å²) in [7, 11) is 1.53. The fourth-order valence-electron chi connectivity index (χ4n) is 1.84. The van der Waals surface area contributed by atoms with Crippen molar-refractivity contribution >= 4 is 46.3 Å². The average Bonchev–Trinajstić information content (AvgIpc) is 3.24. The molecule has 1 amide bonds. The van der Waals surface area contributed by atoms with Crippen LogP contribution in [-0.4, -0.2) is 29.0 Å². The predicted molar refractivity (Wildman–Crippen MR) is 95.0 cm³/mol. The van der Waals surface area contributed by atoms with Gasteiger partial charge in [-0.25, -0.2) is 0 Å². The first kappa shape index (κ1) is 16.8. The number of nitrogens with zero attached hydrogens (tertiary/aromatic N) is 2. The molecular weight excluding hydrogens is 370 g/mol. The minimum absolute atomic E-state index is 0.149. The van der Waals surface area contributed by atoms with Crippen molar-refractivity contribution < 1.29 is 13.9 Å². The third-order valence-corrected chi connectivity index (χ3v) is 4.87. The minimum Gasteiger partial charge on any atom is -0.495 e. The molecular formula is C15H12ClN3O3S2. The van der Waals surface area contributed by atoms with Gasteiger partial charge >= 0.3 is 0 Å². The monoisotopic (exact) mass is 381 g/mol. The van der Waals surface area contributed by atoms with Crippen LogP contribution in [0.1, 0.15) is 0 Å². The molecule has 9 heteroatoms. The van der Waals surface area contributed by atoms with E-state index in [1.807, 2.05) is 17.5 Å². The van der Waals surface area contributed by atoms with Gasteiger partial charge in [0.25, 0.3) is 11.1 Å². The summed E-state index contributed by atoms with van der Waals surface area (Å²) < 4.78 is 10.6. The fraction of sp³-hybridized carbons (Fsp3) is 0.133. The minimum atomic E-state index is -0.197. The van der Waals surface area contributed by atoms with Crippen molar-refractivity contribution in [3.8, 4) is 16.5 Å². The van der Waals surface area contributed by atoms with E-state index >= 15 is 0 Å². The first-order valence-electron chi connectivity index (χ1n) is 6.79. The van der Waals surface area contributed by atoms with Gasteiger partial charge in [0, 0.05) is 5.69 Å².